The molecule has 1 atom stereocenters. The van der Waals surface area contributed by atoms with Crippen LogP contribution >= 0.6 is 0 Å². The first-order valence-corrected chi connectivity index (χ1v) is 10.5. The lowest BCUT2D eigenvalue weighted by molar-refractivity contribution is 0.340. The Balaban J connectivity index is 1.58. The molecule has 0 aromatic heterocycles. The molecule has 1 aliphatic rings. The summed E-state index contributed by atoms with van der Waals surface area (Å²) in [5.74, 6) is 3.88. The van der Waals surface area contributed by atoms with Crippen LogP contribution in [0.4, 0.5) is 0 Å². The Hall–Kier alpha value is -3.50. The summed E-state index contributed by atoms with van der Waals surface area (Å²) in [4.78, 5) is 0. The van der Waals surface area contributed by atoms with Crippen LogP contribution in [0.15, 0.2) is 96.6 Å². The number of hydrogen-bond donors (Lipinski definition) is 0. The highest BCUT2D eigenvalue weighted by Crippen LogP contribution is 2.44. The maximum Gasteiger partial charge on any atom is 0.119 e. The van der Waals surface area contributed by atoms with Crippen molar-refractivity contribution in [2.75, 3.05) is 6.61 Å². The Morgan fingerprint density at radius 1 is 0.833 bits per heavy atom. The molecule has 3 aromatic carbocycles. The van der Waals surface area contributed by atoms with E-state index in [2.05, 4.69) is 84.8 Å². The van der Waals surface area contributed by atoms with Gasteiger partial charge in [0.2, 0.25) is 0 Å². The van der Waals surface area contributed by atoms with E-state index < -0.39 is 0 Å². The number of allylic oxidation sites excluding steroid dienone is 4. The number of rotatable bonds is 7. The van der Waals surface area contributed by atoms with Gasteiger partial charge in [-0.05, 0) is 66.3 Å². The lowest BCUT2D eigenvalue weighted by atomic mass is 9.83. The fourth-order valence-corrected chi connectivity index (χ4v) is 4.08. The quantitative estimate of drug-likeness (QED) is 0.403. The van der Waals surface area contributed by atoms with E-state index in [9.17, 15) is 0 Å². The molecule has 0 bridgehead atoms. The van der Waals surface area contributed by atoms with Gasteiger partial charge < -0.3 is 4.74 Å². The number of benzene rings is 3. The molecule has 0 saturated carbocycles. The van der Waals surface area contributed by atoms with Gasteiger partial charge in [-0.1, -0.05) is 78.2 Å². The van der Waals surface area contributed by atoms with E-state index in [0.29, 0.717) is 6.61 Å². The standard InChI is InChI=1S/C29H26O/c1-3-22-10-12-23(13-11-22)14-15-25-18-21-28(24-8-6-5-7-9-24)29(25)26-16-19-27(20-17-26)30-4-2/h1,5-13,16-21,29H,4,14-15H2,2H3. The molecule has 0 heterocycles. The van der Waals surface area contributed by atoms with Crippen LogP contribution in [0.5, 0.6) is 5.75 Å². The molecule has 148 valence electrons. The minimum absolute atomic E-state index is 0.271. The van der Waals surface area contributed by atoms with Gasteiger partial charge in [-0.3, -0.25) is 0 Å². The van der Waals surface area contributed by atoms with E-state index in [1.165, 1.54) is 27.8 Å². The van der Waals surface area contributed by atoms with Gasteiger partial charge in [0, 0.05) is 11.5 Å². The van der Waals surface area contributed by atoms with E-state index in [1.807, 2.05) is 19.1 Å². The van der Waals surface area contributed by atoms with E-state index in [1.54, 1.807) is 0 Å². The van der Waals surface area contributed by atoms with Crippen LogP contribution in [-0.4, -0.2) is 6.61 Å². The Morgan fingerprint density at radius 3 is 2.23 bits per heavy atom. The molecule has 0 fully saturated rings. The molecule has 1 unspecified atom stereocenters. The predicted octanol–water partition coefficient (Wildman–Crippen LogP) is 6.81. The van der Waals surface area contributed by atoms with Crippen molar-refractivity contribution in [2.24, 2.45) is 0 Å². The topological polar surface area (TPSA) is 9.23 Å². The molecule has 0 amide bonds. The highest BCUT2D eigenvalue weighted by molar-refractivity contribution is 5.79. The first-order chi connectivity index (χ1) is 14.8. The van der Waals surface area contributed by atoms with Crippen molar-refractivity contribution in [3.63, 3.8) is 0 Å². The molecular formula is C29H26O. The van der Waals surface area contributed by atoms with E-state index in [4.69, 9.17) is 11.2 Å². The zero-order valence-corrected chi connectivity index (χ0v) is 17.3. The smallest absolute Gasteiger partial charge is 0.119 e. The van der Waals surface area contributed by atoms with E-state index >= 15 is 0 Å². The lowest BCUT2D eigenvalue weighted by Gasteiger charge is -2.21. The summed E-state index contributed by atoms with van der Waals surface area (Å²) in [6.07, 6.45) is 12.1. The second kappa shape index (κ2) is 9.33. The SMILES string of the molecule is C#Cc1ccc(CCC2=CC=C(c3ccccc3)C2c2ccc(OCC)cc2)cc1. The molecule has 0 N–H and O–H groups in total. The molecule has 1 nitrogen and oxygen atoms in total. The van der Waals surface area contributed by atoms with Crippen molar-refractivity contribution < 1.29 is 4.74 Å². The summed E-state index contributed by atoms with van der Waals surface area (Å²) in [6, 6.07) is 27.6. The van der Waals surface area contributed by atoms with Gasteiger partial charge in [0.05, 0.1) is 6.61 Å². The first kappa shape index (κ1) is 19.8. The van der Waals surface area contributed by atoms with Crippen molar-refractivity contribution >= 4 is 5.57 Å². The summed E-state index contributed by atoms with van der Waals surface area (Å²) in [6.45, 7) is 2.69. The summed E-state index contributed by atoms with van der Waals surface area (Å²) < 4.78 is 5.64. The van der Waals surface area contributed by atoms with Gasteiger partial charge in [0.25, 0.3) is 0 Å². The van der Waals surface area contributed by atoms with E-state index in [-0.39, 0.29) is 5.92 Å². The Bertz CT molecular complexity index is 1080. The third kappa shape index (κ3) is 4.39. The van der Waals surface area contributed by atoms with Gasteiger partial charge >= 0.3 is 0 Å². The zero-order chi connectivity index (χ0) is 20.8. The van der Waals surface area contributed by atoms with Crippen LogP contribution in [-0.2, 0) is 6.42 Å². The van der Waals surface area contributed by atoms with Crippen molar-refractivity contribution in [2.45, 2.75) is 25.7 Å². The summed E-state index contributed by atoms with van der Waals surface area (Å²) in [7, 11) is 0. The van der Waals surface area contributed by atoms with Crippen LogP contribution in [0, 0.1) is 12.3 Å². The lowest BCUT2D eigenvalue weighted by Crippen LogP contribution is -2.04. The summed E-state index contributed by atoms with van der Waals surface area (Å²) in [5.41, 5.74) is 7.63. The molecule has 3 aromatic rings. The number of ether oxygens (including phenoxy) is 1. The van der Waals surface area contributed by atoms with Gasteiger partial charge in [-0.2, -0.15) is 0 Å². The van der Waals surface area contributed by atoms with Gasteiger partial charge in [-0.15, -0.1) is 6.42 Å². The molecular weight excluding hydrogens is 364 g/mol. The van der Waals surface area contributed by atoms with Gasteiger partial charge in [-0.25, -0.2) is 0 Å². The highest BCUT2D eigenvalue weighted by atomic mass is 16.5. The number of hydrogen-bond acceptors (Lipinski definition) is 1. The van der Waals surface area contributed by atoms with Crippen LogP contribution in [0.25, 0.3) is 5.57 Å². The molecule has 0 radical (unpaired) electrons. The van der Waals surface area contributed by atoms with Crippen LogP contribution < -0.4 is 4.74 Å². The van der Waals surface area contributed by atoms with Crippen LogP contribution in [0.1, 0.15) is 41.5 Å². The van der Waals surface area contributed by atoms with Crippen LogP contribution in [0.3, 0.4) is 0 Å². The third-order valence-corrected chi connectivity index (χ3v) is 5.61. The molecule has 0 aliphatic heterocycles. The molecule has 30 heavy (non-hydrogen) atoms. The molecule has 1 heteroatoms. The fourth-order valence-electron chi connectivity index (χ4n) is 4.08. The zero-order valence-electron chi connectivity index (χ0n) is 17.3. The van der Waals surface area contributed by atoms with Crippen molar-refractivity contribution in [1.29, 1.82) is 0 Å². The van der Waals surface area contributed by atoms with E-state index in [0.717, 1.165) is 24.2 Å². The third-order valence-electron chi connectivity index (χ3n) is 5.61. The minimum atomic E-state index is 0.271. The number of terminal acetylenes is 1. The second-order valence-electron chi connectivity index (χ2n) is 7.51. The normalized spacial score (nSPS) is 15.3. The summed E-state index contributed by atoms with van der Waals surface area (Å²) >= 11 is 0. The fraction of sp³-hybridized carbons (Fsp3) is 0.172. The molecule has 0 saturated heterocycles. The predicted molar refractivity (Wildman–Crippen MR) is 126 cm³/mol. The average molecular weight is 391 g/mol. The molecule has 4 rings (SSSR count). The highest BCUT2D eigenvalue weighted by Gasteiger charge is 2.25. The van der Waals surface area contributed by atoms with Crippen molar-refractivity contribution in [3.05, 3.63) is 119 Å². The Kier molecular flexibility index (Phi) is 6.16. The molecule has 0 spiro atoms. The minimum Gasteiger partial charge on any atom is -0.494 e. The maximum absolute atomic E-state index is 5.64. The summed E-state index contributed by atoms with van der Waals surface area (Å²) in [5, 5.41) is 0. The molecule has 1 aliphatic carbocycles. The Morgan fingerprint density at radius 2 is 1.57 bits per heavy atom. The van der Waals surface area contributed by atoms with Crippen LogP contribution in [0.2, 0.25) is 0 Å². The average Bonchev–Trinajstić information content (AvgIpc) is 3.23. The second-order valence-corrected chi connectivity index (χ2v) is 7.51. The van der Waals surface area contributed by atoms with Gasteiger partial charge in [0.1, 0.15) is 5.75 Å². The maximum atomic E-state index is 5.64. The monoisotopic (exact) mass is 390 g/mol. The van der Waals surface area contributed by atoms with Crippen molar-refractivity contribution in [1.82, 2.24) is 0 Å². The van der Waals surface area contributed by atoms with Gasteiger partial charge in [0.15, 0.2) is 0 Å². The Labute approximate surface area is 179 Å². The first-order valence-electron chi connectivity index (χ1n) is 10.5. The van der Waals surface area contributed by atoms with Crippen molar-refractivity contribution in [3.8, 4) is 18.1 Å². The largest absolute Gasteiger partial charge is 0.494 e. The number of aryl methyl sites for hydroxylation is 1.